The van der Waals surface area contributed by atoms with Crippen LogP contribution in [0.15, 0.2) is 46.9 Å². The van der Waals surface area contributed by atoms with Crippen LogP contribution in [0, 0.1) is 0 Å². The molecule has 0 radical (unpaired) electrons. The van der Waals surface area contributed by atoms with Crippen molar-refractivity contribution in [3.8, 4) is 5.75 Å². The number of nitrogens with zero attached hydrogens (tertiary/aromatic N) is 1. The molecule has 3 aromatic rings. The summed E-state index contributed by atoms with van der Waals surface area (Å²) in [6.45, 7) is 0.0961. The van der Waals surface area contributed by atoms with Crippen LogP contribution >= 0.6 is 0 Å². The fourth-order valence-corrected chi connectivity index (χ4v) is 1.99. The van der Waals surface area contributed by atoms with Crippen molar-refractivity contribution < 1.29 is 13.9 Å². The van der Waals surface area contributed by atoms with Gasteiger partial charge in [-0.2, -0.15) is 0 Å². The summed E-state index contributed by atoms with van der Waals surface area (Å²) < 4.78 is 11.1. The van der Waals surface area contributed by atoms with Gasteiger partial charge in [0.15, 0.2) is 12.2 Å². The van der Waals surface area contributed by atoms with Crippen LogP contribution in [0.4, 0.5) is 5.69 Å². The normalized spacial score (nSPS) is 10.7. The van der Waals surface area contributed by atoms with E-state index in [1.807, 2.05) is 0 Å². The highest BCUT2D eigenvalue weighted by Crippen LogP contribution is 2.21. The summed E-state index contributed by atoms with van der Waals surface area (Å²) in [5, 5.41) is 0. The van der Waals surface area contributed by atoms with Gasteiger partial charge >= 0.3 is 0 Å². The zero-order valence-corrected chi connectivity index (χ0v) is 11.1. The highest BCUT2D eigenvalue weighted by molar-refractivity contribution is 5.95. The van der Waals surface area contributed by atoms with Gasteiger partial charge in [0.1, 0.15) is 11.3 Å². The summed E-state index contributed by atoms with van der Waals surface area (Å²) in [6, 6.07) is 12.0. The zero-order valence-electron chi connectivity index (χ0n) is 11.1. The molecule has 21 heavy (non-hydrogen) atoms. The van der Waals surface area contributed by atoms with Crippen molar-refractivity contribution >= 4 is 22.7 Å². The number of primary amides is 1. The topological polar surface area (TPSA) is 104 Å². The van der Waals surface area contributed by atoms with Crippen LogP contribution in [-0.4, -0.2) is 10.9 Å². The molecule has 2 aromatic carbocycles. The molecule has 106 valence electrons. The third-order valence-corrected chi connectivity index (χ3v) is 2.96. The van der Waals surface area contributed by atoms with E-state index in [0.717, 1.165) is 0 Å². The summed E-state index contributed by atoms with van der Waals surface area (Å²) in [5.74, 6) is 0.248. The molecule has 0 aliphatic carbocycles. The maximum atomic E-state index is 11.3. The Balaban J connectivity index is 1.82. The van der Waals surface area contributed by atoms with E-state index in [1.54, 1.807) is 42.5 Å². The lowest BCUT2D eigenvalue weighted by atomic mass is 10.2. The second-order valence-corrected chi connectivity index (χ2v) is 4.48. The van der Waals surface area contributed by atoms with Gasteiger partial charge in [-0.1, -0.05) is 12.1 Å². The van der Waals surface area contributed by atoms with Gasteiger partial charge in [-0.3, -0.25) is 4.79 Å². The number of hydrogen-bond acceptors (Lipinski definition) is 5. The SMILES string of the molecule is NC(=O)c1ccccc1OCc1nc2cc(N)ccc2o1. The van der Waals surface area contributed by atoms with Crippen LogP contribution in [0.2, 0.25) is 0 Å². The number of rotatable bonds is 4. The maximum absolute atomic E-state index is 11.3. The minimum absolute atomic E-state index is 0.0961. The molecule has 0 fully saturated rings. The van der Waals surface area contributed by atoms with Gasteiger partial charge in [0, 0.05) is 5.69 Å². The molecule has 0 spiro atoms. The first kappa shape index (κ1) is 13.0. The maximum Gasteiger partial charge on any atom is 0.252 e. The van der Waals surface area contributed by atoms with Crippen molar-refractivity contribution in [3.63, 3.8) is 0 Å². The molecule has 1 aromatic heterocycles. The van der Waals surface area contributed by atoms with E-state index in [1.165, 1.54) is 0 Å². The monoisotopic (exact) mass is 283 g/mol. The average molecular weight is 283 g/mol. The number of benzene rings is 2. The molecular formula is C15H13N3O3. The van der Waals surface area contributed by atoms with E-state index < -0.39 is 5.91 Å². The average Bonchev–Trinajstić information content (AvgIpc) is 2.87. The number of nitrogen functional groups attached to an aromatic ring is 1. The summed E-state index contributed by atoms with van der Waals surface area (Å²) >= 11 is 0. The Morgan fingerprint density at radius 1 is 1.24 bits per heavy atom. The minimum atomic E-state index is -0.545. The standard InChI is InChI=1S/C15H13N3O3/c16-9-5-6-13-11(7-9)18-14(21-13)8-20-12-4-2-1-3-10(12)15(17)19/h1-7H,8,16H2,(H2,17,19). The van der Waals surface area contributed by atoms with Gasteiger partial charge in [0.05, 0.1) is 5.56 Å². The van der Waals surface area contributed by atoms with Crippen molar-refractivity contribution in [3.05, 3.63) is 53.9 Å². The Kier molecular flexibility index (Phi) is 3.19. The number of aromatic nitrogens is 1. The molecule has 0 atom stereocenters. The number of fused-ring (bicyclic) bond motifs is 1. The third kappa shape index (κ3) is 2.64. The lowest BCUT2D eigenvalue weighted by Gasteiger charge is -2.06. The molecule has 0 bridgehead atoms. The number of hydrogen-bond donors (Lipinski definition) is 2. The quantitative estimate of drug-likeness (QED) is 0.713. The molecule has 0 unspecified atom stereocenters. The molecule has 3 rings (SSSR count). The zero-order chi connectivity index (χ0) is 14.8. The molecule has 4 N–H and O–H groups in total. The van der Waals surface area contributed by atoms with Crippen LogP contribution in [0.25, 0.3) is 11.1 Å². The Morgan fingerprint density at radius 3 is 2.86 bits per heavy atom. The minimum Gasteiger partial charge on any atom is -0.483 e. The first-order chi connectivity index (χ1) is 10.1. The van der Waals surface area contributed by atoms with Crippen molar-refractivity contribution in [2.45, 2.75) is 6.61 Å². The first-order valence-electron chi connectivity index (χ1n) is 6.30. The van der Waals surface area contributed by atoms with E-state index in [4.69, 9.17) is 20.6 Å². The van der Waals surface area contributed by atoms with Crippen LogP contribution in [0.3, 0.4) is 0 Å². The van der Waals surface area contributed by atoms with E-state index in [0.29, 0.717) is 34.0 Å². The molecule has 0 aliphatic heterocycles. The predicted octanol–water partition coefficient (Wildman–Crippen LogP) is 2.09. The van der Waals surface area contributed by atoms with Crippen LogP contribution < -0.4 is 16.2 Å². The predicted molar refractivity (Wildman–Crippen MR) is 77.7 cm³/mol. The number of oxazole rings is 1. The van der Waals surface area contributed by atoms with Crippen molar-refractivity contribution in [2.75, 3.05) is 5.73 Å². The highest BCUT2D eigenvalue weighted by atomic mass is 16.5. The number of carbonyl (C=O) groups is 1. The number of nitrogens with two attached hydrogens (primary N) is 2. The number of para-hydroxylation sites is 1. The molecular weight excluding hydrogens is 270 g/mol. The molecule has 1 amide bonds. The molecule has 0 saturated carbocycles. The van der Waals surface area contributed by atoms with Gasteiger partial charge in [-0.05, 0) is 30.3 Å². The number of carbonyl (C=O) groups excluding carboxylic acids is 1. The molecule has 6 heteroatoms. The summed E-state index contributed by atoms with van der Waals surface area (Å²) in [5.41, 5.74) is 13.2. The van der Waals surface area contributed by atoms with E-state index in [2.05, 4.69) is 4.98 Å². The lowest BCUT2D eigenvalue weighted by Crippen LogP contribution is -2.12. The fraction of sp³-hybridized carbons (Fsp3) is 0.0667. The molecule has 0 aliphatic rings. The summed E-state index contributed by atoms with van der Waals surface area (Å²) in [4.78, 5) is 15.6. The fourth-order valence-electron chi connectivity index (χ4n) is 1.99. The highest BCUT2D eigenvalue weighted by Gasteiger charge is 2.11. The van der Waals surface area contributed by atoms with Gasteiger partial charge in [-0.15, -0.1) is 0 Å². The number of ether oxygens (including phenoxy) is 1. The van der Waals surface area contributed by atoms with Crippen molar-refractivity contribution in [1.29, 1.82) is 0 Å². The van der Waals surface area contributed by atoms with Gasteiger partial charge in [0.25, 0.3) is 5.91 Å². The number of anilines is 1. The Hall–Kier alpha value is -3.02. The van der Waals surface area contributed by atoms with Gasteiger partial charge in [0.2, 0.25) is 5.89 Å². The third-order valence-electron chi connectivity index (χ3n) is 2.96. The second-order valence-electron chi connectivity index (χ2n) is 4.48. The van der Waals surface area contributed by atoms with E-state index in [-0.39, 0.29) is 6.61 Å². The molecule has 1 heterocycles. The molecule has 0 saturated heterocycles. The largest absolute Gasteiger partial charge is 0.483 e. The first-order valence-corrected chi connectivity index (χ1v) is 6.30. The Labute approximate surface area is 120 Å². The van der Waals surface area contributed by atoms with E-state index in [9.17, 15) is 4.79 Å². The van der Waals surface area contributed by atoms with Crippen molar-refractivity contribution in [1.82, 2.24) is 4.98 Å². The number of amides is 1. The Morgan fingerprint density at radius 2 is 2.05 bits per heavy atom. The summed E-state index contributed by atoms with van der Waals surface area (Å²) in [7, 11) is 0. The van der Waals surface area contributed by atoms with Crippen LogP contribution in [0.1, 0.15) is 16.2 Å². The Bertz CT molecular complexity index is 811. The van der Waals surface area contributed by atoms with Gasteiger partial charge in [-0.25, -0.2) is 4.98 Å². The molecule has 6 nitrogen and oxygen atoms in total. The van der Waals surface area contributed by atoms with E-state index >= 15 is 0 Å². The van der Waals surface area contributed by atoms with Gasteiger partial charge < -0.3 is 20.6 Å². The van der Waals surface area contributed by atoms with Crippen molar-refractivity contribution in [2.24, 2.45) is 5.73 Å². The second kappa shape index (κ2) is 5.16. The van der Waals surface area contributed by atoms with Crippen LogP contribution in [-0.2, 0) is 6.61 Å². The lowest BCUT2D eigenvalue weighted by molar-refractivity contribution is 0.0995. The van der Waals surface area contributed by atoms with Crippen LogP contribution in [0.5, 0.6) is 5.75 Å². The summed E-state index contributed by atoms with van der Waals surface area (Å²) in [6.07, 6.45) is 0. The smallest absolute Gasteiger partial charge is 0.252 e.